The fraction of sp³-hybridized carbons (Fsp3) is 0.278. The van der Waals surface area contributed by atoms with Gasteiger partial charge in [-0.25, -0.2) is 0 Å². The number of para-hydroxylation sites is 1. The van der Waals surface area contributed by atoms with Crippen LogP contribution >= 0.6 is 0 Å². The number of benzene rings is 2. The summed E-state index contributed by atoms with van der Waals surface area (Å²) in [7, 11) is 0. The van der Waals surface area contributed by atoms with Gasteiger partial charge in [-0.15, -0.1) is 0 Å². The minimum atomic E-state index is 0.898. The molecule has 1 aliphatic rings. The Bertz CT molecular complexity index is 602. The van der Waals surface area contributed by atoms with Gasteiger partial charge in [-0.2, -0.15) is 0 Å². The highest BCUT2D eigenvalue weighted by Gasteiger charge is 2.16. The number of fused-ring (bicyclic) bond motifs is 1. The van der Waals surface area contributed by atoms with Crippen molar-refractivity contribution >= 4 is 11.4 Å². The number of aliphatic imine (C=N–C) groups is 1. The lowest BCUT2D eigenvalue weighted by Crippen LogP contribution is -2.28. The van der Waals surface area contributed by atoms with Gasteiger partial charge >= 0.3 is 0 Å². The molecular weight excluding hydrogens is 244 g/mol. The van der Waals surface area contributed by atoms with E-state index >= 15 is 0 Å². The Labute approximate surface area is 120 Å². The molecule has 0 N–H and O–H groups in total. The van der Waals surface area contributed by atoms with E-state index in [-0.39, 0.29) is 0 Å². The molecule has 20 heavy (non-hydrogen) atoms. The van der Waals surface area contributed by atoms with E-state index < -0.39 is 0 Å². The SMILES string of the molecule is CCN1CCCN=C(c2ccccc2)c2ccccc21. The standard InChI is InChI=1S/C18H20N2/c1-2-20-14-8-13-19-18(15-9-4-3-5-10-15)16-11-6-7-12-17(16)20/h3-7,9-12H,2,8,13-14H2,1H3. The van der Waals surface area contributed by atoms with Gasteiger partial charge in [-0.1, -0.05) is 48.5 Å². The average Bonchev–Trinajstić information content (AvgIpc) is 2.50. The highest BCUT2D eigenvalue weighted by atomic mass is 15.1. The van der Waals surface area contributed by atoms with Gasteiger partial charge in [0.05, 0.1) is 5.71 Å². The van der Waals surface area contributed by atoms with Crippen LogP contribution in [0.25, 0.3) is 0 Å². The molecule has 0 spiro atoms. The molecule has 1 aliphatic heterocycles. The Balaban J connectivity index is 2.14. The lowest BCUT2D eigenvalue weighted by Gasteiger charge is -2.28. The molecule has 0 aliphatic carbocycles. The monoisotopic (exact) mass is 264 g/mol. The van der Waals surface area contributed by atoms with E-state index in [1.54, 1.807) is 0 Å². The second-order valence-corrected chi connectivity index (χ2v) is 5.05. The van der Waals surface area contributed by atoms with Crippen LogP contribution in [0.5, 0.6) is 0 Å². The van der Waals surface area contributed by atoms with E-state index in [9.17, 15) is 0 Å². The molecule has 0 amide bonds. The Morgan fingerprint density at radius 3 is 2.55 bits per heavy atom. The Morgan fingerprint density at radius 1 is 1.00 bits per heavy atom. The molecule has 0 bridgehead atoms. The van der Waals surface area contributed by atoms with E-state index in [2.05, 4.69) is 66.4 Å². The summed E-state index contributed by atoms with van der Waals surface area (Å²) in [6, 6.07) is 19.1. The normalized spacial score (nSPS) is 15.1. The minimum absolute atomic E-state index is 0.898. The largest absolute Gasteiger partial charge is 0.371 e. The zero-order valence-corrected chi connectivity index (χ0v) is 11.9. The quantitative estimate of drug-likeness (QED) is 0.806. The van der Waals surface area contributed by atoms with Crippen LogP contribution in [0.3, 0.4) is 0 Å². The van der Waals surface area contributed by atoms with Gasteiger partial charge in [0.2, 0.25) is 0 Å². The maximum atomic E-state index is 4.85. The van der Waals surface area contributed by atoms with Gasteiger partial charge in [-0.05, 0) is 19.4 Å². The molecule has 2 heteroatoms. The molecule has 0 saturated heterocycles. The first-order chi connectivity index (χ1) is 9.90. The molecular formula is C18H20N2. The maximum absolute atomic E-state index is 4.85. The van der Waals surface area contributed by atoms with E-state index in [1.807, 2.05) is 0 Å². The van der Waals surface area contributed by atoms with Gasteiger partial charge in [0.15, 0.2) is 0 Å². The van der Waals surface area contributed by atoms with Crippen LogP contribution in [0.15, 0.2) is 59.6 Å². The van der Waals surface area contributed by atoms with E-state index in [1.165, 1.54) is 16.8 Å². The fourth-order valence-corrected chi connectivity index (χ4v) is 2.78. The van der Waals surface area contributed by atoms with Crippen molar-refractivity contribution in [3.8, 4) is 0 Å². The third kappa shape index (κ3) is 2.46. The van der Waals surface area contributed by atoms with Crippen molar-refractivity contribution in [2.45, 2.75) is 13.3 Å². The molecule has 3 rings (SSSR count). The van der Waals surface area contributed by atoms with Crippen molar-refractivity contribution in [3.63, 3.8) is 0 Å². The lowest BCUT2D eigenvalue weighted by molar-refractivity contribution is 0.749. The van der Waals surface area contributed by atoms with Crippen LogP contribution in [-0.4, -0.2) is 25.3 Å². The van der Waals surface area contributed by atoms with Crippen molar-refractivity contribution in [2.75, 3.05) is 24.5 Å². The minimum Gasteiger partial charge on any atom is -0.371 e. The van der Waals surface area contributed by atoms with Crippen molar-refractivity contribution in [2.24, 2.45) is 4.99 Å². The summed E-state index contributed by atoms with van der Waals surface area (Å²) in [5.41, 5.74) is 4.88. The summed E-state index contributed by atoms with van der Waals surface area (Å²) < 4.78 is 0. The second-order valence-electron chi connectivity index (χ2n) is 5.05. The Morgan fingerprint density at radius 2 is 1.75 bits per heavy atom. The van der Waals surface area contributed by atoms with Gasteiger partial charge in [0, 0.05) is 36.4 Å². The van der Waals surface area contributed by atoms with Gasteiger partial charge in [0.1, 0.15) is 0 Å². The van der Waals surface area contributed by atoms with Crippen molar-refractivity contribution in [1.82, 2.24) is 0 Å². The summed E-state index contributed by atoms with van der Waals surface area (Å²) >= 11 is 0. The van der Waals surface area contributed by atoms with Crippen LogP contribution in [0.4, 0.5) is 5.69 Å². The smallest absolute Gasteiger partial charge is 0.0739 e. The molecule has 0 fully saturated rings. The summed E-state index contributed by atoms with van der Waals surface area (Å²) in [4.78, 5) is 7.30. The van der Waals surface area contributed by atoms with E-state index in [0.717, 1.165) is 31.8 Å². The van der Waals surface area contributed by atoms with Crippen LogP contribution in [0.2, 0.25) is 0 Å². The van der Waals surface area contributed by atoms with Gasteiger partial charge in [0.25, 0.3) is 0 Å². The molecule has 0 unspecified atom stereocenters. The number of hydrogen-bond acceptors (Lipinski definition) is 2. The van der Waals surface area contributed by atoms with Crippen LogP contribution in [0.1, 0.15) is 24.5 Å². The number of nitrogens with zero attached hydrogens (tertiary/aromatic N) is 2. The summed E-state index contributed by atoms with van der Waals surface area (Å²) in [6.07, 6.45) is 1.11. The molecule has 0 radical (unpaired) electrons. The predicted octanol–water partition coefficient (Wildman–Crippen LogP) is 3.75. The first-order valence-corrected chi connectivity index (χ1v) is 7.34. The van der Waals surface area contributed by atoms with Crippen LogP contribution < -0.4 is 4.90 Å². The molecule has 2 aromatic rings. The molecule has 102 valence electrons. The summed E-state index contributed by atoms with van der Waals surface area (Å²) in [5.74, 6) is 0. The molecule has 2 nitrogen and oxygen atoms in total. The first-order valence-electron chi connectivity index (χ1n) is 7.34. The topological polar surface area (TPSA) is 15.6 Å². The summed E-state index contributed by atoms with van der Waals surface area (Å²) in [5, 5.41) is 0. The van der Waals surface area contributed by atoms with Crippen LogP contribution in [-0.2, 0) is 0 Å². The van der Waals surface area contributed by atoms with Crippen LogP contribution in [0, 0.1) is 0 Å². The van der Waals surface area contributed by atoms with Crippen molar-refractivity contribution in [1.29, 1.82) is 0 Å². The lowest BCUT2D eigenvalue weighted by atomic mass is 9.99. The first kappa shape index (κ1) is 12.9. The second kappa shape index (κ2) is 5.91. The molecule has 0 saturated carbocycles. The number of anilines is 1. The Hall–Kier alpha value is -2.09. The summed E-state index contributed by atoms with van der Waals surface area (Å²) in [6.45, 7) is 5.24. The van der Waals surface area contributed by atoms with Crippen molar-refractivity contribution in [3.05, 3.63) is 65.7 Å². The molecule has 0 aromatic heterocycles. The molecule has 1 heterocycles. The molecule has 2 aromatic carbocycles. The zero-order valence-electron chi connectivity index (χ0n) is 11.9. The van der Waals surface area contributed by atoms with E-state index in [0.29, 0.717) is 0 Å². The highest BCUT2D eigenvalue weighted by molar-refractivity contribution is 6.16. The zero-order chi connectivity index (χ0) is 13.8. The number of hydrogen-bond donors (Lipinski definition) is 0. The van der Waals surface area contributed by atoms with Gasteiger partial charge in [-0.3, -0.25) is 4.99 Å². The third-order valence-electron chi connectivity index (χ3n) is 3.78. The average molecular weight is 264 g/mol. The van der Waals surface area contributed by atoms with Crippen molar-refractivity contribution < 1.29 is 0 Å². The Kier molecular flexibility index (Phi) is 3.82. The van der Waals surface area contributed by atoms with Gasteiger partial charge < -0.3 is 4.90 Å². The fourth-order valence-electron chi connectivity index (χ4n) is 2.78. The maximum Gasteiger partial charge on any atom is 0.0739 e. The highest BCUT2D eigenvalue weighted by Crippen LogP contribution is 2.25. The third-order valence-corrected chi connectivity index (χ3v) is 3.78. The number of rotatable bonds is 2. The molecule has 0 atom stereocenters. The van der Waals surface area contributed by atoms with E-state index in [4.69, 9.17) is 4.99 Å². The predicted molar refractivity (Wildman–Crippen MR) is 85.9 cm³/mol.